The van der Waals surface area contributed by atoms with Gasteiger partial charge in [-0.15, -0.1) is 17.0 Å². The first kappa shape index (κ1) is 26.4. The molecular formula is C23H32BrNO5. The first-order chi connectivity index (χ1) is 14.2. The third-order valence-corrected chi connectivity index (χ3v) is 4.54. The van der Waals surface area contributed by atoms with Gasteiger partial charge in [0.25, 0.3) is 0 Å². The highest BCUT2D eigenvalue weighted by Gasteiger charge is 2.10. The van der Waals surface area contributed by atoms with Crippen molar-refractivity contribution in [2.75, 3.05) is 39.6 Å². The summed E-state index contributed by atoms with van der Waals surface area (Å²) >= 11 is 0. The second-order valence-corrected chi connectivity index (χ2v) is 6.72. The molecule has 0 aliphatic carbocycles. The number of ketones is 1. The van der Waals surface area contributed by atoms with Crippen LogP contribution in [0.4, 0.5) is 0 Å². The van der Waals surface area contributed by atoms with Gasteiger partial charge in [-0.2, -0.15) is 0 Å². The summed E-state index contributed by atoms with van der Waals surface area (Å²) in [6.07, 6.45) is 1.60. The summed E-state index contributed by atoms with van der Waals surface area (Å²) in [6.45, 7) is 2.50. The molecule has 2 rings (SSSR count). The Labute approximate surface area is 189 Å². The topological polar surface area (TPSA) is 88.0 Å². The van der Waals surface area contributed by atoms with E-state index in [-0.39, 0.29) is 42.0 Å². The fraction of sp³-hybridized carbons (Fsp3) is 0.435. The molecule has 0 heterocycles. The molecule has 0 amide bonds. The highest BCUT2D eigenvalue weighted by atomic mass is 79.9. The Morgan fingerprint density at radius 3 is 1.87 bits per heavy atom. The molecule has 0 bridgehead atoms. The lowest BCUT2D eigenvalue weighted by Crippen LogP contribution is -2.31. The maximum atomic E-state index is 12.5. The lowest BCUT2D eigenvalue weighted by atomic mass is 10.0. The van der Waals surface area contributed by atoms with E-state index in [0.29, 0.717) is 44.1 Å². The van der Waals surface area contributed by atoms with Crippen LogP contribution >= 0.6 is 17.0 Å². The molecular weight excluding hydrogens is 450 g/mol. The van der Waals surface area contributed by atoms with Crippen LogP contribution in [-0.4, -0.2) is 61.7 Å². The molecule has 7 heteroatoms. The Balaban J connectivity index is 0.00000450. The number of nitrogens with one attached hydrogen (secondary N) is 1. The molecule has 0 fully saturated rings. The number of carbonyl (C=O) groups is 1. The lowest BCUT2D eigenvalue weighted by Gasteiger charge is -2.19. The van der Waals surface area contributed by atoms with E-state index in [9.17, 15) is 4.79 Å². The third-order valence-electron chi connectivity index (χ3n) is 4.54. The van der Waals surface area contributed by atoms with E-state index in [1.165, 1.54) is 0 Å². The van der Waals surface area contributed by atoms with Crippen LogP contribution in [0.5, 0.6) is 0 Å². The highest BCUT2D eigenvalue weighted by Crippen LogP contribution is 2.12. The average molecular weight is 482 g/mol. The van der Waals surface area contributed by atoms with Gasteiger partial charge in [0.15, 0.2) is 5.78 Å². The zero-order chi connectivity index (χ0) is 20.7. The van der Waals surface area contributed by atoms with Gasteiger partial charge in [0.05, 0.1) is 26.4 Å². The fourth-order valence-electron chi connectivity index (χ4n) is 2.93. The van der Waals surface area contributed by atoms with Crippen molar-refractivity contribution in [3.8, 4) is 0 Å². The minimum atomic E-state index is 0. The van der Waals surface area contributed by atoms with E-state index in [2.05, 4.69) is 5.32 Å². The number of aliphatic hydroxyl groups excluding tert-OH is 2. The maximum Gasteiger partial charge on any atom is 0.193 e. The Morgan fingerprint density at radius 2 is 1.33 bits per heavy atom. The van der Waals surface area contributed by atoms with Gasteiger partial charge in [0.2, 0.25) is 0 Å². The minimum Gasteiger partial charge on any atom is -0.394 e. The third kappa shape index (κ3) is 9.93. The van der Waals surface area contributed by atoms with Crippen molar-refractivity contribution >= 4 is 22.8 Å². The molecule has 2 aromatic rings. The molecule has 0 aliphatic rings. The van der Waals surface area contributed by atoms with Gasteiger partial charge in [-0.25, -0.2) is 0 Å². The van der Waals surface area contributed by atoms with Crippen LogP contribution in [0.2, 0.25) is 0 Å². The molecule has 0 saturated carbocycles. The van der Waals surface area contributed by atoms with Gasteiger partial charge < -0.3 is 25.0 Å². The molecule has 0 unspecified atom stereocenters. The molecule has 166 valence electrons. The second-order valence-electron chi connectivity index (χ2n) is 6.72. The number of rotatable bonds is 15. The molecule has 0 atom stereocenters. The Morgan fingerprint density at radius 1 is 0.800 bits per heavy atom. The van der Waals surface area contributed by atoms with Crippen LogP contribution in [0, 0.1) is 0 Å². The molecule has 3 N–H and O–H groups in total. The Kier molecular flexibility index (Phi) is 14.2. The van der Waals surface area contributed by atoms with E-state index < -0.39 is 0 Å². The summed E-state index contributed by atoms with van der Waals surface area (Å²) in [5, 5.41) is 21.1. The van der Waals surface area contributed by atoms with E-state index in [0.717, 1.165) is 18.4 Å². The fourth-order valence-corrected chi connectivity index (χ4v) is 2.93. The lowest BCUT2D eigenvalue weighted by molar-refractivity contribution is 0.0706. The summed E-state index contributed by atoms with van der Waals surface area (Å²) in [4.78, 5) is 12.5. The zero-order valence-corrected chi connectivity index (χ0v) is 18.9. The first-order valence-electron chi connectivity index (χ1n) is 10.0. The van der Waals surface area contributed by atoms with Gasteiger partial charge in [0, 0.05) is 36.9 Å². The Hall–Kier alpha value is -1.61. The molecule has 30 heavy (non-hydrogen) atoms. The average Bonchev–Trinajstić information content (AvgIpc) is 2.77. The quantitative estimate of drug-likeness (QED) is 0.267. The van der Waals surface area contributed by atoms with Crippen LogP contribution in [-0.2, 0) is 16.0 Å². The molecule has 0 spiro atoms. The molecule has 0 aliphatic heterocycles. The number of halogens is 1. The Bertz CT molecular complexity index is 684. The van der Waals surface area contributed by atoms with E-state index in [4.69, 9.17) is 19.7 Å². The van der Waals surface area contributed by atoms with Crippen molar-refractivity contribution in [1.82, 2.24) is 5.32 Å². The SMILES string of the molecule is Br.O=C(c1ccccc1)c1ccc(CNC(CCOCCO)CCOCCO)cc1. The predicted octanol–water partition coefficient (Wildman–Crippen LogP) is 2.75. The zero-order valence-electron chi connectivity index (χ0n) is 17.2. The normalized spacial score (nSPS) is 10.8. The van der Waals surface area contributed by atoms with Crippen LogP contribution in [0.15, 0.2) is 54.6 Å². The van der Waals surface area contributed by atoms with Crippen LogP contribution < -0.4 is 5.32 Å². The van der Waals surface area contributed by atoms with Gasteiger partial charge >= 0.3 is 0 Å². The van der Waals surface area contributed by atoms with Crippen LogP contribution in [0.1, 0.15) is 34.3 Å². The van der Waals surface area contributed by atoms with E-state index in [1.807, 2.05) is 54.6 Å². The predicted molar refractivity (Wildman–Crippen MR) is 122 cm³/mol. The summed E-state index contributed by atoms with van der Waals surface area (Å²) < 4.78 is 10.7. The largest absolute Gasteiger partial charge is 0.394 e. The summed E-state index contributed by atoms with van der Waals surface area (Å²) in [5.74, 6) is 0.0186. The molecule has 0 radical (unpaired) electrons. The summed E-state index contributed by atoms with van der Waals surface area (Å²) in [5.41, 5.74) is 2.45. The minimum absolute atomic E-state index is 0. The van der Waals surface area contributed by atoms with E-state index in [1.54, 1.807) is 0 Å². The maximum absolute atomic E-state index is 12.5. The van der Waals surface area contributed by atoms with Crippen molar-refractivity contribution in [1.29, 1.82) is 0 Å². The molecule has 0 saturated heterocycles. The van der Waals surface area contributed by atoms with Gasteiger partial charge in [-0.3, -0.25) is 4.79 Å². The number of aliphatic hydroxyl groups is 2. The first-order valence-corrected chi connectivity index (χ1v) is 10.0. The monoisotopic (exact) mass is 481 g/mol. The van der Waals surface area contributed by atoms with Crippen molar-refractivity contribution in [3.05, 3.63) is 71.3 Å². The number of benzene rings is 2. The summed E-state index contributed by atoms with van der Waals surface area (Å²) in [7, 11) is 0. The smallest absolute Gasteiger partial charge is 0.193 e. The second kappa shape index (κ2) is 16.1. The number of ether oxygens (including phenoxy) is 2. The molecule has 0 aromatic heterocycles. The summed E-state index contributed by atoms with van der Waals surface area (Å²) in [6, 6.07) is 17.1. The molecule has 2 aromatic carbocycles. The standard InChI is InChI=1S/C23H31NO5.BrH/c25-12-16-28-14-10-22(11-15-29-17-13-26)24-18-19-6-8-21(9-7-19)23(27)20-4-2-1-3-5-20;/h1-9,22,24-26H,10-18H2;1H. The number of hydrogen-bond acceptors (Lipinski definition) is 6. The number of carbonyl (C=O) groups excluding carboxylic acids is 1. The van der Waals surface area contributed by atoms with Crippen molar-refractivity contribution < 1.29 is 24.5 Å². The number of hydrogen-bond donors (Lipinski definition) is 3. The van der Waals surface area contributed by atoms with Gasteiger partial charge in [-0.05, 0) is 18.4 Å². The van der Waals surface area contributed by atoms with Crippen LogP contribution in [0.3, 0.4) is 0 Å². The van der Waals surface area contributed by atoms with Crippen molar-refractivity contribution in [3.63, 3.8) is 0 Å². The van der Waals surface area contributed by atoms with Crippen molar-refractivity contribution in [2.24, 2.45) is 0 Å². The van der Waals surface area contributed by atoms with Crippen LogP contribution in [0.25, 0.3) is 0 Å². The van der Waals surface area contributed by atoms with Gasteiger partial charge in [0.1, 0.15) is 0 Å². The highest BCUT2D eigenvalue weighted by molar-refractivity contribution is 8.93. The van der Waals surface area contributed by atoms with Crippen molar-refractivity contribution in [2.45, 2.75) is 25.4 Å². The van der Waals surface area contributed by atoms with Gasteiger partial charge in [-0.1, -0.05) is 54.6 Å². The van der Waals surface area contributed by atoms with E-state index >= 15 is 0 Å². The molecule has 6 nitrogen and oxygen atoms in total.